The smallest absolute Gasteiger partial charge is 0.414 e. The molecule has 7 heteroatoms. The second kappa shape index (κ2) is 13.1. The van der Waals surface area contributed by atoms with Crippen LogP contribution in [0, 0.1) is 6.92 Å². The Balaban J connectivity index is 0.000000469. The van der Waals surface area contributed by atoms with Crippen LogP contribution in [0.1, 0.15) is 17.5 Å². The average Bonchev–Trinajstić information content (AvgIpc) is 2.75. The van der Waals surface area contributed by atoms with Crippen LogP contribution < -0.4 is 0 Å². The molecule has 3 rings (SSSR count). The molecule has 1 saturated heterocycles. The molecule has 0 atom stereocenters. The molecule has 2 aromatic carbocycles. The number of rotatable bonds is 7. The van der Waals surface area contributed by atoms with Crippen LogP contribution in [0.15, 0.2) is 59.5 Å². The molecule has 0 aromatic heterocycles. The first-order chi connectivity index (χ1) is 14.4. The van der Waals surface area contributed by atoms with Crippen LogP contribution >= 0.6 is 11.8 Å². The molecule has 1 heterocycles. The van der Waals surface area contributed by atoms with Gasteiger partial charge in [-0.2, -0.15) is 0 Å². The number of hydrogen-bond donors (Lipinski definition) is 2. The van der Waals surface area contributed by atoms with E-state index in [1.807, 2.05) is 11.8 Å². The number of carboxylic acid groups (broad SMARTS) is 2. The molecule has 1 aliphatic rings. The van der Waals surface area contributed by atoms with Gasteiger partial charge >= 0.3 is 11.9 Å². The van der Waals surface area contributed by atoms with Gasteiger partial charge in [0.2, 0.25) is 0 Å². The SMILES string of the molecule is Cc1ccc(SCCCN2CCN(Cc3ccccc3)CC2)cc1.O=C(O)C(=O)O. The third-order valence-corrected chi connectivity index (χ3v) is 5.90. The van der Waals surface area contributed by atoms with Crippen molar-refractivity contribution in [3.05, 3.63) is 65.7 Å². The fraction of sp³-hybridized carbons (Fsp3) is 0.391. The van der Waals surface area contributed by atoms with Gasteiger partial charge in [-0.05, 0) is 43.3 Å². The van der Waals surface area contributed by atoms with Crippen molar-refractivity contribution in [3.8, 4) is 0 Å². The van der Waals surface area contributed by atoms with Gasteiger partial charge in [-0.1, -0.05) is 48.0 Å². The highest BCUT2D eigenvalue weighted by molar-refractivity contribution is 7.99. The number of aryl methyl sites for hydroxylation is 1. The van der Waals surface area contributed by atoms with Crippen molar-refractivity contribution < 1.29 is 19.8 Å². The van der Waals surface area contributed by atoms with Crippen LogP contribution in [0.5, 0.6) is 0 Å². The predicted octanol–water partition coefficient (Wildman–Crippen LogP) is 3.45. The highest BCUT2D eigenvalue weighted by Gasteiger charge is 2.16. The molecule has 0 amide bonds. The summed E-state index contributed by atoms with van der Waals surface area (Å²) in [6, 6.07) is 19.7. The highest BCUT2D eigenvalue weighted by Crippen LogP contribution is 2.19. The van der Waals surface area contributed by atoms with Crippen molar-refractivity contribution in [2.24, 2.45) is 0 Å². The molecule has 0 spiro atoms. The van der Waals surface area contributed by atoms with E-state index in [1.165, 1.54) is 60.9 Å². The Bertz CT molecular complexity index is 764. The molecule has 0 aliphatic carbocycles. The van der Waals surface area contributed by atoms with Gasteiger partial charge < -0.3 is 15.1 Å². The van der Waals surface area contributed by atoms with Crippen LogP contribution in [0.4, 0.5) is 0 Å². The minimum absolute atomic E-state index is 1.10. The number of carbonyl (C=O) groups is 2. The van der Waals surface area contributed by atoms with E-state index >= 15 is 0 Å². The van der Waals surface area contributed by atoms with E-state index in [4.69, 9.17) is 19.8 Å². The van der Waals surface area contributed by atoms with E-state index in [0.717, 1.165) is 6.54 Å². The van der Waals surface area contributed by atoms with Crippen LogP contribution in [0.25, 0.3) is 0 Å². The summed E-state index contributed by atoms with van der Waals surface area (Å²) in [7, 11) is 0. The Morgan fingerprint density at radius 1 is 0.867 bits per heavy atom. The third kappa shape index (κ3) is 9.43. The van der Waals surface area contributed by atoms with Crippen molar-refractivity contribution in [2.75, 3.05) is 38.5 Å². The minimum atomic E-state index is -1.82. The Hall–Kier alpha value is -2.35. The Morgan fingerprint density at radius 3 is 2.00 bits per heavy atom. The molecule has 1 fully saturated rings. The molecular formula is C23H30N2O4S. The average molecular weight is 431 g/mol. The number of carboxylic acids is 2. The normalized spacial score (nSPS) is 14.6. The predicted molar refractivity (Wildman–Crippen MR) is 120 cm³/mol. The summed E-state index contributed by atoms with van der Waals surface area (Å²) in [5.41, 5.74) is 2.77. The molecule has 2 aromatic rings. The minimum Gasteiger partial charge on any atom is -0.473 e. The maximum atomic E-state index is 9.10. The van der Waals surface area contributed by atoms with Crippen molar-refractivity contribution >= 4 is 23.7 Å². The summed E-state index contributed by atoms with van der Waals surface area (Å²) in [4.78, 5) is 24.8. The second-order valence-electron chi connectivity index (χ2n) is 7.23. The molecule has 0 saturated carbocycles. The molecule has 6 nitrogen and oxygen atoms in total. The van der Waals surface area contributed by atoms with Gasteiger partial charge in [0.25, 0.3) is 0 Å². The maximum absolute atomic E-state index is 9.10. The van der Waals surface area contributed by atoms with Gasteiger partial charge in [-0.3, -0.25) is 4.90 Å². The molecule has 1 aliphatic heterocycles. The number of hydrogen-bond acceptors (Lipinski definition) is 5. The summed E-state index contributed by atoms with van der Waals surface area (Å²) in [5, 5.41) is 14.8. The van der Waals surface area contributed by atoms with Gasteiger partial charge in [-0.15, -0.1) is 11.8 Å². The Labute approximate surface area is 182 Å². The zero-order valence-corrected chi connectivity index (χ0v) is 18.2. The van der Waals surface area contributed by atoms with Crippen molar-refractivity contribution in [3.63, 3.8) is 0 Å². The second-order valence-corrected chi connectivity index (χ2v) is 8.40. The van der Waals surface area contributed by atoms with E-state index in [9.17, 15) is 0 Å². The van der Waals surface area contributed by atoms with Gasteiger partial charge in [0.1, 0.15) is 0 Å². The quantitative estimate of drug-likeness (QED) is 0.396. The number of thioether (sulfide) groups is 1. The van der Waals surface area contributed by atoms with Crippen molar-refractivity contribution in [2.45, 2.75) is 24.8 Å². The summed E-state index contributed by atoms with van der Waals surface area (Å²) in [5.74, 6) is -2.43. The van der Waals surface area contributed by atoms with E-state index in [1.54, 1.807) is 0 Å². The first-order valence-electron chi connectivity index (χ1n) is 10.1. The van der Waals surface area contributed by atoms with E-state index < -0.39 is 11.9 Å². The largest absolute Gasteiger partial charge is 0.473 e. The van der Waals surface area contributed by atoms with Crippen LogP contribution in [-0.4, -0.2) is 70.4 Å². The molecule has 0 unspecified atom stereocenters. The van der Waals surface area contributed by atoms with Gasteiger partial charge in [0, 0.05) is 37.6 Å². The lowest BCUT2D eigenvalue weighted by Gasteiger charge is -2.34. The molecule has 30 heavy (non-hydrogen) atoms. The van der Waals surface area contributed by atoms with Crippen molar-refractivity contribution in [1.29, 1.82) is 0 Å². The molecule has 0 bridgehead atoms. The van der Waals surface area contributed by atoms with E-state index in [0.29, 0.717) is 0 Å². The number of piperazine rings is 1. The molecule has 2 N–H and O–H groups in total. The number of nitrogens with zero attached hydrogens (tertiary/aromatic N) is 2. The van der Waals surface area contributed by atoms with Gasteiger partial charge in [0.15, 0.2) is 0 Å². The van der Waals surface area contributed by atoms with E-state index in [-0.39, 0.29) is 0 Å². The molecular weight excluding hydrogens is 400 g/mol. The fourth-order valence-corrected chi connectivity index (χ4v) is 3.96. The zero-order valence-electron chi connectivity index (χ0n) is 17.4. The molecule has 162 valence electrons. The van der Waals surface area contributed by atoms with Crippen LogP contribution in [0.2, 0.25) is 0 Å². The lowest BCUT2D eigenvalue weighted by Crippen LogP contribution is -2.46. The highest BCUT2D eigenvalue weighted by atomic mass is 32.2. The third-order valence-electron chi connectivity index (χ3n) is 4.81. The zero-order chi connectivity index (χ0) is 21.8. The van der Waals surface area contributed by atoms with Crippen LogP contribution in [0.3, 0.4) is 0 Å². The summed E-state index contributed by atoms with van der Waals surface area (Å²) in [6.45, 7) is 9.28. The maximum Gasteiger partial charge on any atom is 0.414 e. The van der Waals surface area contributed by atoms with Crippen LogP contribution in [-0.2, 0) is 16.1 Å². The first-order valence-corrected chi connectivity index (χ1v) is 11.1. The number of benzene rings is 2. The topological polar surface area (TPSA) is 81.1 Å². The van der Waals surface area contributed by atoms with E-state index in [2.05, 4.69) is 71.3 Å². The summed E-state index contributed by atoms with van der Waals surface area (Å²) < 4.78 is 0. The molecule has 0 radical (unpaired) electrons. The lowest BCUT2D eigenvalue weighted by atomic mass is 10.2. The first kappa shape index (κ1) is 23.9. The fourth-order valence-electron chi connectivity index (χ4n) is 3.13. The van der Waals surface area contributed by atoms with Crippen molar-refractivity contribution in [1.82, 2.24) is 9.80 Å². The number of aliphatic carboxylic acids is 2. The van der Waals surface area contributed by atoms with Gasteiger partial charge in [-0.25, -0.2) is 9.59 Å². The Kier molecular flexibility index (Phi) is 10.4. The standard InChI is InChI=1S/C21H28N2S.C2H2O4/c1-19-8-10-21(11-9-19)24-17-5-12-22-13-15-23(16-14-22)18-20-6-3-2-4-7-20;3-1(4)2(5)6/h2-4,6-11H,5,12-18H2,1H3;(H,3,4)(H,5,6). The lowest BCUT2D eigenvalue weighted by molar-refractivity contribution is -0.159. The van der Waals surface area contributed by atoms with Gasteiger partial charge in [0.05, 0.1) is 0 Å². The monoisotopic (exact) mass is 430 g/mol. The Morgan fingerprint density at radius 2 is 1.43 bits per heavy atom. The summed E-state index contributed by atoms with van der Waals surface area (Å²) >= 11 is 1.98. The summed E-state index contributed by atoms with van der Waals surface area (Å²) in [6.07, 6.45) is 1.28.